The molecule has 7 nitrogen and oxygen atoms in total. The minimum absolute atomic E-state index is 0.000157. The van der Waals surface area contributed by atoms with Crippen LogP contribution in [-0.2, 0) is 11.2 Å². The quantitative estimate of drug-likeness (QED) is 0.586. The van der Waals surface area contributed by atoms with Crippen LogP contribution in [0.15, 0.2) is 54.6 Å². The number of nitrogens with zero attached hydrogens (tertiary/aromatic N) is 2. The van der Waals surface area contributed by atoms with Crippen molar-refractivity contribution in [3.8, 4) is 22.8 Å². The first-order valence-corrected chi connectivity index (χ1v) is 7.84. The van der Waals surface area contributed by atoms with Crippen molar-refractivity contribution in [2.75, 3.05) is 12.4 Å². The summed E-state index contributed by atoms with van der Waals surface area (Å²) in [7, 11) is 1.61. The molecule has 1 heterocycles. The number of phenolic OH excluding ortho intramolecular Hbond substituents is 1. The fraction of sp³-hybridized carbons (Fsp3) is 0.105. The van der Waals surface area contributed by atoms with Crippen molar-refractivity contribution < 1.29 is 19.7 Å². The lowest BCUT2D eigenvalue weighted by atomic mass is 10.1. The van der Waals surface area contributed by atoms with Crippen molar-refractivity contribution in [1.29, 1.82) is 0 Å². The van der Waals surface area contributed by atoms with Gasteiger partial charge in [0, 0.05) is 5.56 Å². The Morgan fingerprint density at radius 2 is 1.85 bits per heavy atom. The number of phenols is 1. The van der Waals surface area contributed by atoms with Crippen LogP contribution in [-0.4, -0.2) is 33.5 Å². The van der Waals surface area contributed by atoms with Crippen LogP contribution in [0.3, 0.4) is 0 Å². The van der Waals surface area contributed by atoms with E-state index in [1.165, 1.54) is 6.07 Å². The van der Waals surface area contributed by atoms with Crippen molar-refractivity contribution in [3.63, 3.8) is 0 Å². The maximum absolute atomic E-state index is 10.8. The Kier molecular flexibility index (Phi) is 4.98. The Morgan fingerprint density at radius 1 is 1.08 bits per heavy atom. The molecule has 0 saturated carbocycles. The zero-order valence-electron chi connectivity index (χ0n) is 14.0. The van der Waals surface area contributed by atoms with E-state index in [0.717, 1.165) is 11.3 Å². The molecule has 0 radical (unpaired) electrons. The van der Waals surface area contributed by atoms with Crippen molar-refractivity contribution in [3.05, 3.63) is 60.2 Å². The lowest BCUT2D eigenvalue weighted by Gasteiger charge is -2.09. The molecule has 1 aromatic heterocycles. The van der Waals surface area contributed by atoms with Crippen molar-refractivity contribution >= 4 is 17.5 Å². The molecule has 26 heavy (non-hydrogen) atoms. The summed E-state index contributed by atoms with van der Waals surface area (Å²) in [6, 6.07) is 15.6. The molecule has 3 aromatic rings. The average molecular weight is 351 g/mol. The molecule has 3 rings (SSSR count). The highest BCUT2D eigenvalue weighted by atomic mass is 16.5. The van der Waals surface area contributed by atoms with E-state index in [2.05, 4.69) is 15.5 Å². The number of methoxy groups -OCH3 is 1. The van der Waals surface area contributed by atoms with Gasteiger partial charge in [0.2, 0.25) is 0 Å². The number of carboxylic acid groups (broad SMARTS) is 1. The number of nitrogens with one attached hydrogen (secondary N) is 1. The highest BCUT2D eigenvalue weighted by molar-refractivity contribution is 5.72. The maximum atomic E-state index is 10.8. The Labute approximate surface area is 149 Å². The molecule has 0 aliphatic carbocycles. The number of aliphatic carboxylic acids is 1. The molecule has 0 saturated heterocycles. The second-order valence-corrected chi connectivity index (χ2v) is 5.58. The molecule has 3 N–H and O–H groups in total. The minimum Gasteiger partial charge on any atom is -0.506 e. The number of ether oxygens (including phenoxy) is 1. The zero-order valence-corrected chi connectivity index (χ0v) is 14.0. The smallest absolute Gasteiger partial charge is 0.307 e. The lowest BCUT2D eigenvalue weighted by molar-refractivity contribution is -0.136. The molecule has 0 fully saturated rings. The topological polar surface area (TPSA) is 105 Å². The summed E-state index contributed by atoms with van der Waals surface area (Å²) in [6.45, 7) is 0. The number of hydrogen-bond donors (Lipinski definition) is 3. The lowest BCUT2D eigenvalue weighted by Crippen LogP contribution is -2.01. The summed E-state index contributed by atoms with van der Waals surface area (Å²) in [5, 5.41) is 30.0. The summed E-state index contributed by atoms with van der Waals surface area (Å²) in [5.41, 5.74) is 2.54. The molecule has 0 aliphatic heterocycles. The third-order valence-electron chi connectivity index (χ3n) is 3.73. The molecule has 2 aromatic carbocycles. The minimum atomic E-state index is -0.940. The fourth-order valence-electron chi connectivity index (χ4n) is 2.42. The molecule has 0 bridgehead atoms. The van der Waals surface area contributed by atoms with Crippen molar-refractivity contribution in [2.24, 2.45) is 0 Å². The average Bonchev–Trinajstić information content (AvgIpc) is 2.65. The monoisotopic (exact) mass is 351 g/mol. The van der Waals surface area contributed by atoms with Crippen LogP contribution in [0.4, 0.5) is 11.5 Å². The van der Waals surface area contributed by atoms with Crippen molar-refractivity contribution in [1.82, 2.24) is 10.2 Å². The summed E-state index contributed by atoms with van der Waals surface area (Å²) in [4.78, 5) is 10.8. The second-order valence-electron chi connectivity index (χ2n) is 5.58. The predicted octanol–water partition coefficient (Wildman–Crippen LogP) is 3.23. The van der Waals surface area contributed by atoms with Gasteiger partial charge in [-0.2, -0.15) is 0 Å². The number of anilines is 2. The van der Waals surface area contributed by atoms with Gasteiger partial charge in [-0.05, 0) is 54.1 Å². The van der Waals surface area contributed by atoms with Gasteiger partial charge in [0.05, 0.1) is 24.9 Å². The van der Waals surface area contributed by atoms with E-state index in [0.29, 0.717) is 22.8 Å². The van der Waals surface area contributed by atoms with Gasteiger partial charge in [0.15, 0.2) is 5.82 Å². The van der Waals surface area contributed by atoms with E-state index >= 15 is 0 Å². The Morgan fingerprint density at radius 3 is 2.46 bits per heavy atom. The number of hydrogen-bond acceptors (Lipinski definition) is 6. The first kappa shape index (κ1) is 17.2. The molecular formula is C19H17N3O4. The summed E-state index contributed by atoms with van der Waals surface area (Å²) >= 11 is 0. The molecule has 0 spiro atoms. The van der Waals surface area contributed by atoms with Crippen LogP contribution < -0.4 is 10.1 Å². The highest BCUT2D eigenvalue weighted by Crippen LogP contribution is 2.28. The fourth-order valence-corrected chi connectivity index (χ4v) is 2.42. The third-order valence-corrected chi connectivity index (χ3v) is 3.73. The van der Waals surface area contributed by atoms with Crippen LogP contribution in [0.1, 0.15) is 5.56 Å². The molecular weight excluding hydrogens is 334 g/mol. The summed E-state index contributed by atoms with van der Waals surface area (Å²) < 4.78 is 5.13. The first-order chi connectivity index (χ1) is 12.5. The maximum Gasteiger partial charge on any atom is 0.307 e. The van der Waals surface area contributed by atoms with Crippen LogP contribution in [0.2, 0.25) is 0 Å². The number of aromatic nitrogens is 2. The molecule has 0 atom stereocenters. The van der Waals surface area contributed by atoms with E-state index in [1.807, 2.05) is 24.3 Å². The van der Waals surface area contributed by atoms with Crippen molar-refractivity contribution in [2.45, 2.75) is 6.42 Å². The molecule has 132 valence electrons. The first-order valence-electron chi connectivity index (χ1n) is 7.84. The number of carboxylic acids is 1. The molecule has 0 aliphatic rings. The number of aromatic hydroxyl groups is 1. The highest BCUT2D eigenvalue weighted by Gasteiger charge is 2.08. The van der Waals surface area contributed by atoms with Crippen LogP contribution in [0.5, 0.6) is 11.5 Å². The van der Waals surface area contributed by atoms with Gasteiger partial charge in [0.25, 0.3) is 0 Å². The SMILES string of the molecule is COc1ccc(-c2ccc(Nc3cc(CC(=O)O)ccc3O)nn2)cc1. The van der Waals surface area contributed by atoms with Crippen LogP contribution in [0, 0.1) is 0 Å². The van der Waals surface area contributed by atoms with E-state index in [9.17, 15) is 9.90 Å². The third kappa shape index (κ3) is 4.07. The van der Waals surface area contributed by atoms with E-state index < -0.39 is 5.97 Å². The predicted molar refractivity (Wildman–Crippen MR) is 96.7 cm³/mol. The van der Waals surface area contributed by atoms with E-state index in [1.54, 1.807) is 31.4 Å². The van der Waals surface area contributed by atoms with Gasteiger partial charge in [-0.25, -0.2) is 0 Å². The zero-order chi connectivity index (χ0) is 18.5. The van der Waals surface area contributed by atoms with Gasteiger partial charge < -0.3 is 20.3 Å². The second kappa shape index (κ2) is 7.52. The molecule has 0 unspecified atom stereocenters. The number of carbonyl (C=O) groups is 1. The van der Waals surface area contributed by atoms with Gasteiger partial charge >= 0.3 is 5.97 Å². The van der Waals surface area contributed by atoms with Gasteiger partial charge in [-0.3, -0.25) is 4.79 Å². The van der Waals surface area contributed by atoms with E-state index in [4.69, 9.17) is 9.84 Å². The van der Waals surface area contributed by atoms with Crippen LogP contribution in [0.25, 0.3) is 11.3 Å². The number of rotatable bonds is 6. The van der Waals surface area contributed by atoms with Gasteiger partial charge in [0.1, 0.15) is 11.5 Å². The Hall–Kier alpha value is -3.61. The normalized spacial score (nSPS) is 10.3. The summed E-state index contributed by atoms with van der Waals surface area (Å²) in [6.07, 6.45) is -0.128. The standard InChI is InChI=1S/C19H17N3O4/c1-26-14-5-3-13(4-6-14)15-7-9-18(22-21-15)20-16-10-12(11-19(24)25)2-8-17(16)23/h2-10,23H,11H2,1H3,(H,20,22)(H,24,25). The molecule has 0 amide bonds. The van der Waals surface area contributed by atoms with Gasteiger partial charge in [-0.15, -0.1) is 10.2 Å². The number of benzene rings is 2. The van der Waals surface area contributed by atoms with Gasteiger partial charge in [-0.1, -0.05) is 6.07 Å². The summed E-state index contributed by atoms with van der Waals surface area (Å²) in [5.74, 6) is 0.257. The Bertz CT molecular complexity index is 909. The van der Waals surface area contributed by atoms with E-state index in [-0.39, 0.29) is 12.2 Å². The Balaban J connectivity index is 1.77. The van der Waals surface area contributed by atoms with Crippen LogP contribution >= 0.6 is 0 Å². The largest absolute Gasteiger partial charge is 0.506 e. The molecule has 7 heteroatoms.